The molecule has 0 unspecified atom stereocenters. The smallest absolute Gasteiger partial charge is 0.251 e. The highest BCUT2D eigenvalue weighted by atomic mass is 19.1. The van der Waals surface area contributed by atoms with Gasteiger partial charge in [0, 0.05) is 17.2 Å². The first-order valence-electron chi connectivity index (χ1n) is 6.69. The van der Waals surface area contributed by atoms with E-state index in [0.717, 1.165) is 0 Å². The minimum atomic E-state index is -0.367. The van der Waals surface area contributed by atoms with E-state index in [4.69, 9.17) is 4.74 Å². The van der Waals surface area contributed by atoms with Crippen LogP contribution >= 0.6 is 0 Å². The third kappa shape index (κ3) is 4.60. The van der Waals surface area contributed by atoms with Crippen LogP contribution in [-0.4, -0.2) is 11.4 Å². The SMILES string of the molecule is CC(C)(C)NC(=O)c1cccc(Oc2cccc(F)c2)c1. The number of carbonyl (C=O) groups excluding carboxylic acids is 1. The second-order valence-electron chi connectivity index (χ2n) is 5.79. The summed E-state index contributed by atoms with van der Waals surface area (Å²) in [4.78, 5) is 12.1. The van der Waals surface area contributed by atoms with Crippen LogP contribution in [0.25, 0.3) is 0 Å². The number of hydrogen-bond donors (Lipinski definition) is 1. The number of ether oxygens (including phenoxy) is 1. The Kier molecular flexibility index (Phi) is 4.26. The lowest BCUT2D eigenvalue weighted by Crippen LogP contribution is -2.40. The van der Waals surface area contributed by atoms with Crippen molar-refractivity contribution < 1.29 is 13.9 Å². The number of nitrogens with one attached hydrogen (secondary N) is 1. The van der Waals surface area contributed by atoms with E-state index in [1.165, 1.54) is 12.1 Å². The Morgan fingerprint density at radius 1 is 1.05 bits per heavy atom. The van der Waals surface area contributed by atoms with Crippen molar-refractivity contribution in [1.82, 2.24) is 5.32 Å². The van der Waals surface area contributed by atoms with E-state index < -0.39 is 0 Å². The van der Waals surface area contributed by atoms with Crippen LogP contribution in [0.5, 0.6) is 11.5 Å². The molecule has 0 aliphatic heterocycles. The van der Waals surface area contributed by atoms with Crippen molar-refractivity contribution in [2.24, 2.45) is 0 Å². The van der Waals surface area contributed by atoms with Crippen LogP contribution in [0.15, 0.2) is 48.5 Å². The van der Waals surface area contributed by atoms with Crippen molar-refractivity contribution in [3.05, 3.63) is 59.9 Å². The third-order valence-corrected chi connectivity index (χ3v) is 2.62. The Labute approximate surface area is 123 Å². The van der Waals surface area contributed by atoms with Gasteiger partial charge < -0.3 is 10.1 Å². The quantitative estimate of drug-likeness (QED) is 0.921. The van der Waals surface area contributed by atoms with Crippen LogP contribution in [0.4, 0.5) is 4.39 Å². The largest absolute Gasteiger partial charge is 0.457 e. The highest BCUT2D eigenvalue weighted by molar-refractivity contribution is 5.95. The molecule has 2 rings (SSSR count). The van der Waals surface area contributed by atoms with Crippen LogP contribution in [0.2, 0.25) is 0 Å². The molecule has 21 heavy (non-hydrogen) atoms. The van der Waals surface area contributed by atoms with Crippen molar-refractivity contribution in [1.29, 1.82) is 0 Å². The Morgan fingerprint density at radius 2 is 1.67 bits per heavy atom. The maximum absolute atomic E-state index is 13.1. The molecule has 2 aromatic rings. The van der Waals surface area contributed by atoms with Gasteiger partial charge in [-0.15, -0.1) is 0 Å². The molecule has 0 aliphatic rings. The summed E-state index contributed by atoms with van der Waals surface area (Å²) in [7, 11) is 0. The number of hydrogen-bond acceptors (Lipinski definition) is 2. The summed E-state index contributed by atoms with van der Waals surface area (Å²) >= 11 is 0. The summed E-state index contributed by atoms with van der Waals surface area (Å²) in [5.74, 6) is 0.340. The predicted octanol–water partition coefficient (Wildman–Crippen LogP) is 4.15. The van der Waals surface area contributed by atoms with Gasteiger partial charge in [-0.05, 0) is 51.1 Å². The summed E-state index contributed by atoms with van der Waals surface area (Å²) in [6.07, 6.45) is 0. The predicted molar refractivity (Wildman–Crippen MR) is 80.1 cm³/mol. The van der Waals surface area contributed by atoms with Crippen molar-refractivity contribution >= 4 is 5.91 Å². The number of halogens is 1. The fourth-order valence-electron chi connectivity index (χ4n) is 1.78. The van der Waals surface area contributed by atoms with Crippen molar-refractivity contribution in [2.75, 3.05) is 0 Å². The lowest BCUT2D eigenvalue weighted by atomic mass is 10.1. The zero-order valence-corrected chi connectivity index (χ0v) is 12.3. The summed E-state index contributed by atoms with van der Waals surface area (Å²) in [6, 6.07) is 12.7. The van der Waals surface area contributed by atoms with Crippen molar-refractivity contribution in [2.45, 2.75) is 26.3 Å². The van der Waals surface area contributed by atoms with E-state index in [1.54, 1.807) is 36.4 Å². The number of carbonyl (C=O) groups is 1. The molecule has 4 heteroatoms. The van der Waals surface area contributed by atoms with Gasteiger partial charge in [0.2, 0.25) is 0 Å². The molecule has 0 spiro atoms. The Bertz CT molecular complexity index is 647. The molecule has 0 atom stereocenters. The summed E-state index contributed by atoms with van der Waals surface area (Å²) in [5, 5.41) is 2.88. The molecule has 0 aromatic heterocycles. The average Bonchev–Trinajstić information content (AvgIpc) is 2.37. The van der Waals surface area contributed by atoms with Gasteiger partial charge in [0.25, 0.3) is 5.91 Å². The van der Waals surface area contributed by atoms with E-state index in [1.807, 2.05) is 20.8 Å². The van der Waals surface area contributed by atoms with Crippen LogP contribution in [0.3, 0.4) is 0 Å². The van der Waals surface area contributed by atoms with Gasteiger partial charge in [-0.2, -0.15) is 0 Å². The van der Waals surface area contributed by atoms with Gasteiger partial charge >= 0.3 is 0 Å². The van der Waals surface area contributed by atoms with Gasteiger partial charge in [-0.25, -0.2) is 4.39 Å². The molecule has 1 N–H and O–H groups in total. The zero-order chi connectivity index (χ0) is 15.5. The first-order chi connectivity index (χ1) is 9.83. The maximum Gasteiger partial charge on any atom is 0.251 e. The van der Waals surface area contributed by atoms with Crippen LogP contribution in [-0.2, 0) is 0 Å². The van der Waals surface area contributed by atoms with E-state index in [9.17, 15) is 9.18 Å². The Hall–Kier alpha value is -2.36. The van der Waals surface area contributed by atoms with Gasteiger partial charge in [0.05, 0.1) is 0 Å². The Balaban J connectivity index is 2.16. The van der Waals surface area contributed by atoms with Crippen LogP contribution in [0.1, 0.15) is 31.1 Å². The van der Waals surface area contributed by atoms with E-state index >= 15 is 0 Å². The summed E-state index contributed by atoms with van der Waals surface area (Å²) in [6.45, 7) is 5.74. The maximum atomic E-state index is 13.1. The van der Waals surface area contributed by atoms with E-state index in [0.29, 0.717) is 17.1 Å². The molecule has 1 amide bonds. The fraction of sp³-hybridized carbons (Fsp3) is 0.235. The minimum absolute atomic E-state index is 0.174. The van der Waals surface area contributed by atoms with Crippen LogP contribution < -0.4 is 10.1 Å². The molecular weight excluding hydrogens is 269 g/mol. The highest BCUT2D eigenvalue weighted by Gasteiger charge is 2.15. The first-order valence-corrected chi connectivity index (χ1v) is 6.69. The number of amides is 1. The molecule has 0 aliphatic carbocycles. The normalized spacial score (nSPS) is 11.0. The highest BCUT2D eigenvalue weighted by Crippen LogP contribution is 2.23. The Morgan fingerprint density at radius 3 is 2.29 bits per heavy atom. The molecule has 0 saturated heterocycles. The first kappa shape index (κ1) is 15.0. The molecule has 0 heterocycles. The molecular formula is C17H18FNO2. The fourth-order valence-corrected chi connectivity index (χ4v) is 1.78. The number of rotatable bonds is 3. The molecule has 0 radical (unpaired) electrons. The van der Waals surface area contributed by atoms with Gasteiger partial charge in [0.15, 0.2) is 0 Å². The minimum Gasteiger partial charge on any atom is -0.457 e. The van der Waals surface area contributed by atoms with E-state index in [-0.39, 0.29) is 17.3 Å². The average molecular weight is 287 g/mol. The van der Waals surface area contributed by atoms with Crippen molar-refractivity contribution in [3.8, 4) is 11.5 Å². The molecule has 3 nitrogen and oxygen atoms in total. The lowest BCUT2D eigenvalue weighted by Gasteiger charge is -2.20. The molecule has 110 valence electrons. The second-order valence-corrected chi connectivity index (χ2v) is 5.79. The van der Waals surface area contributed by atoms with Gasteiger partial charge in [0.1, 0.15) is 17.3 Å². The monoisotopic (exact) mass is 287 g/mol. The summed E-state index contributed by atoms with van der Waals surface area (Å²) in [5.41, 5.74) is 0.190. The van der Waals surface area contributed by atoms with E-state index in [2.05, 4.69) is 5.32 Å². The standard InChI is InChI=1S/C17H18FNO2/c1-17(2,3)19-16(20)12-6-4-8-14(10-12)21-15-9-5-7-13(18)11-15/h4-11H,1-3H3,(H,19,20). The van der Waals surface area contributed by atoms with Gasteiger partial charge in [-0.1, -0.05) is 12.1 Å². The molecule has 0 bridgehead atoms. The molecule has 2 aromatic carbocycles. The summed E-state index contributed by atoms with van der Waals surface area (Å²) < 4.78 is 18.7. The number of benzene rings is 2. The zero-order valence-electron chi connectivity index (χ0n) is 12.3. The molecule has 0 fully saturated rings. The van der Waals surface area contributed by atoms with Gasteiger partial charge in [-0.3, -0.25) is 4.79 Å². The third-order valence-electron chi connectivity index (χ3n) is 2.62. The second kappa shape index (κ2) is 5.95. The van der Waals surface area contributed by atoms with Crippen LogP contribution in [0, 0.1) is 5.82 Å². The topological polar surface area (TPSA) is 38.3 Å². The molecule has 0 saturated carbocycles. The lowest BCUT2D eigenvalue weighted by molar-refractivity contribution is 0.0919. The van der Waals surface area contributed by atoms with Crippen molar-refractivity contribution in [3.63, 3.8) is 0 Å².